The summed E-state index contributed by atoms with van der Waals surface area (Å²) in [4.78, 5) is 179. The molecule has 2 aliphatic heterocycles. The second-order valence-corrected chi connectivity index (χ2v) is 35.1. The van der Waals surface area contributed by atoms with Crippen LogP contribution in [0.25, 0.3) is 10.9 Å². The van der Waals surface area contributed by atoms with Crippen LogP contribution in [0, 0.1) is 16.7 Å². The predicted octanol–water partition coefficient (Wildman–Crippen LogP) is 1.80. The van der Waals surface area contributed by atoms with E-state index in [0.717, 1.165) is 21.6 Å². The average molecular weight is 1720 g/mol. The van der Waals surface area contributed by atoms with E-state index >= 15 is 24.0 Å². The Morgan fingerprint density at radius 3 is 1.98 bits per heavy atom. The largest absolute Gasteiger partial charge is 0.508 e. The van der Waals surface area contributed by atoms with Crippen molar-refractivity contribution in [2.45, 2.75) is 208 Å². The monoisotopic (exact) mass is 1720 g/mol. The van der Waals surface area contributed by atoms with Crippen molar-refractivity contribution < 1.29 is 107 Å². The number of likely N-dealkylation sites (N-methyl/N-ethyl adjacent to an activating group) is 1. The van der Waals surface area contributed by atoms with E-state index in [1.165, 1.54) is 78.1 Å². The van der Waals surface area contributed by atoms with Gasteiger partial charge in [-0.15, -0.1) is 0 Å². The number of ketones is 1. The zero-order chi connectivity index (χ0) is 88.1. The van der Waals surface area contributed by atoms with Crippen LogP contribution in [0.15, 0.2) is 157 Å². The molecule has 4 fully saturated rings. The Labute approximate surface area is 712 Å². The molecule has 35 heteroatoms. The number of aliphatic hydroxyl groups excluding tert-OH is 3. The third kappa shape index (κ3) is 20.7. The molecule has 0 radical (unpaired) electrons. The van der Waals surface area contributed by atoms with Crippen LogP contribution in [-0.2, 0) is 90.9 Å². The van der Waals surface area contributed by atoms with Crippen LogP contribution >= 0.6 is 21.6 Å². The fourth-order valence-electron chi connectivity index (χ4n) is 17.1. The van der Waals surface area contributed by atoms with Gasteiger partial charge in [-0.05, 0) is 124 Å². The quantitative estimate of drug-likeness (QED) is 0.0105. The Hall–Kier alpha value is -10.6. The molecular weight excluding hydrogens is 1620 g/mol. The Morgan fingerprint density at radius 2 is 1.34 bits per heavy atom. The van der Waals surface area contributed by atoms with Crippen molar-refractivity contribution in [1.82, 2.24) is 47.5 Å². The third-order valence-corrected chi connectivity index (χ3v) is 26.5. The van der Waals surface area contributed by atoms with E-state index in [-0.39, 0.29) is 79.0 Å². The predicted molar refractivity (Wildman–Crippen MR) is 448 cm³/mol. The first-order valence-corrected chi connectivity index (χ1v) is 43.1. The number of para-hydroxylation sites is 1. The molecule has 2 saturated heterocycles. The number of unbranched alkanes of at least 4 members (excludes halogenated alkanes) is 1. The van der Waals surface area contributed by atoms with Gasteiger partial charge in [-0.25, -0.2) is 9.59 Å². The number of aromatic hydroxyl groups is 1. The van der Waals surface area contributed by atoms with Gasteiger partial charge in [0.25, 0.3) is 0 Å². The maximum absolute atomic E-state index is 15.3. The Morgan fingerprint density at radius 1 is 0.713 bits per heavy atom. The van der Waals surface area contributed by atoms with Gasteiger partial charge < -0.3 is 109 Å². The summed E-state index contributed by atoms with van der Waals surface area (Å²) in [6.07, 6.45) is -12.1. The van der Waals surface area contributed by atoms with Gasteiger partial charge in [-0.1, -0.05) is 145 Å². The van der Waals surface area contributed by atoms with Crippen LogP contribution < -0.4 is 54.0 Å². The number of hydrogen-bond donors (Lipinski definition) is 17. The minimum atomic E-state index is -2.47. The number of amides is 8. The third-order valence-electron chi connectivity index (χ3n) is 24.1. The summed E-state index contributed by atoms with van der Waals surface area (Å²) in [6, 6.07) is 25.6. The average Bonchev–Trinajstić information content (AvgIpc) is 0.691. The number of H-pyrrole nitrogens is 1. The lowest BCUT2D eigenvalue weighted by Crippen LogP contribution is -2.81. The number of benzene rings is 5. The van der Waals surface area contributed by atoms with Gasteiger partial charge >= 0.3 is 17.9 Å². The number of ether oxygens (including phenoxy) is 4. The lowest BCUT2D eigenvalue weighted by Gasteiger charge is -2.66. The summed E-state index contributed by atoms with van der Waals surface area (Å²) >= 11 is 0. The van der Waals surface area contributed by atoms with Crippen LogP contribution in [0.4, 0.5) is 0 Å². The molecule has 33 nitrogen and oxygen atoms in total. The highest BCUT2D eigenvalue weighted by atomic mass is 33.1. The van der Waals surface area contributed by atoms with E-state index in [2.05, 4.69) is 47.5 Å². The Bertz CT molecular complexity index is 4830. The summed E-state index contributed by atoms with van der Waals surface area (Å²) in [5.41, 5.74) is 5.75. The van der Waals surface area contributed by atoms with E-state index in [0.29, 0.717) is 46.0 Å². The molecule has 19 N–H and O–H groups in total. The molecule has 0 spiro atoms. The minimum absolute atomic E-state index is 0.0102. The van der Waals surface area contributed by atoms with Crippen molar-refractivity contribution in [2.24, 2.45) is 28.2 Å². The number of phenolic OH excluding ortho intramolecular Hbond substituents is 1. The fraction of sp³-hybridized carbons (Fsp3) is 0.471. The molecule has 3 heterocycles. The number of rotatable bonds is 29. The van der Waals surface area contributed by atoms with E-state index in [4.69, 9.17) is 30.4 Å². The number of Topliss-reactive ketones (excluding diaryl/α,β-unsaturated/α-hetero) is 1. The minimum Gasteiger partial charge on any atom is -0.508 e. The number of carbonyl (C=O) groups is 12. The molecule has 8 amide bonds. The van der Waals surface area contributed by atoms with Crippen molar-refractivity contribution in [1.29, 1.82) is 0 Å². The summed E-state index contributed by atoms with van der Waals surface area (Å²) in [6.45, 7) is 6.87. The maximum Gasteiger partial charge on any atom is 0.350 e. The van der Waals surface area contributed by atoms with Gasteiger partial charge in [0.2, 0.25) is 53.4 Å². The highest BCUT2D eigenvalue weighted by Crippen LogP contribution is 2.63. The summed E-state index contributed by atoms with van der Waals surface area (Å²) in [7, 11) is 3.34. The molecule has 3 aliphatic carbocycles. The normalized spacial score (nSPS) is 27.5. The van der Waals surface area contributed by atoms with Gasteiger partial charge in [0.05, 0.1) is 41.9 Å². The number of aromatic amines is 1. The van der Waals surface area contributed by atoms with Gasteiger partial charge in [0, 0.05) is 84.9 Å². The van der Waals surface area contributed by atoms with Crippen molar-refractivity contribution in [3.63, 3.8) is 0 Å². The zero-order valence-electron chi connectivity index (χ0n) is 68.4. The van der Waals surface area contributed by atoms with Crippen molar-refractivity contribution in [3.8, 4) is 5.75 Å². The lowest BCUT2D eigenvalue weighted by atomic mass is 9.44. The number of aromatic nitrogens is 1. The number of nitrogens with two attached hydrogens (primary N) is 2. The molecule has 2 saturated carbocycles. The van der Waals surface area contributed by atoms with Crippen molar-refractivity contribution >= 4 is 103 Å². The van der Waals surface area contributed by atoms with Crippen LogP contribution in [0.2, 0.25) is 0 Å². The standard InChI is InChI=1S/C87H107N11O22S2/c1-46-62(41-87(116)74(120-82(113)51-25-14-9-15-26-51)72-85(5,63(101)40-64-86(72,115)45-117-64)73(105)70(104)67(46)84(87,3)4)118-83(114)71(69(90-6)50-23-12-8-13-24-50)119-66(103)31-20-30-65(102)92-57(37-48-21-10-7-11-22-48)77(108)97-60-43-121-122-44-61(81(112)98-68(47(2)99)75(89)106)96-76(107)56(29-18-19-36-88)93-79(110)59(39-52-42-91-55-28-17-16-27-54(52)55)95-78(109)58(94-80(60)111)38-49-32-34-53(100)35-33-49/h7-17,21-28,32-35,42,47,56-64,68-72,74,90-91,99-101,104,115-116H,18-20,29-31,36-41,43-45,88H2,1-6H3,(H2,89,106)(H,92,102)(H,93,110)(H,94,111)(H,95,109)(H,96,107)(H,97,108)(H,98,112)/t47-,56+,57-,58+,59-,60+,61+,62+,63+,64-,68+,69+,70-,71-,72+,74+,85-,86+,87-/m1/s1. The molecule has 0 unspecified atom stereocenters. The lowest BCUT2D eigenvalue weighted by molar-refractivity contribution is -0.343. The van der Waals surface area contributed by atoms with Crippen molar-refractivity contribution in [2.75, 3.05) is 31.7 Å². The highest BCUT2D eigenvalue weighted by molar-refractivity contribution is 8.76. The van der Waals surface area contributed by atoms with E-state index in [1.807, 2.05) is 0 Å². The molecule has 19 atom stereocenters. The number of primary amides is 1. The second kappa shape index (κ2) is 40.2. The SMILES string of the molecule is CN[C@@H](c1ccccc1)[C@@H](OC(=O)CCCC(=O)N[C@H](Cc1ccccc1)C(=O)N[C@H]1CSSC[C@@H](C(=O)N[C@H](C(N)=O)[C@@H](C)O)NC(=O)[C@H](CCCCN)NC(=O)[C@@H](Cc2c[nH]c3ccccc23)NC(=O)[C@H](Cc2ccc(O)cc2)NC1=O)C(=O)O[C@H]1C[C@@]2(O)[C@@H](OC(=O)c3ccccc3)[C@@H]3[C@]4(O)CO[C@@H]4C[C@H](O)[C@@]3(C)C(=O)[C@H](O)C(=C1C)C2(C)C. The second-order valence-electron chi connectivity index (χ2n) is 32.5. The molecule has 1 aromatic heterocycles. The topological polar surface area (TPSA) is 527 Å². The smallest absolute Gasteiger partial charge is 0.350 e. The Balaban J connectivity index is 0.854. The molecule has 6 aromatic rings. The molecule has 11 rings (SSSR count). The first-order valence-electron chi connectivity index (χ1n) is 40.6. The summed E-state index contributed by atoms with van der Waals surface area (Å²) < 4.78 is 24.6. The number of fused-ring (bicyclic) bond motifs is 6. The van der Waals surface area contributed by atoms with Gasteiger partial charge in [-0.2, -0.15) is 0 Å². The number of aliphatic hydroxyl groups is 5. The number of hydrogen-bond acceptors (Lipinski definition) is 26. The molecule has 2 bridgehead atoms. The van der Waals surface area contributed by atoms with Crippen LogP contribution in [0.5, 0.6) is 5.75 Å². The van der Waals surface area contributed by atoms with Crippen LogP contribution in [0.3, 0.4) is 0 Å². The first kappa shape index (κ1) is 92.1. The number of nitrogens with one attached hydrogen (secondary N) is 9. The summed E-state index contributed by atoms with van der Waals surface area (Å²) in [5, 5.41) is 94.4. The first-order chi connectivity index (χ1) is 58.1. The van der Waals surface area contributed by atoms with Gasteiger partial charge in [0.15, 0.2) is 5.78 Å². The molecule has 5 aliphatic rings. The Kier molecular flexibility index (Phi) is 30.3. The van der Waals surface area contributed by atoms with Gasteiger partial charge in [0.1, 0.15) is 77.6 Å². The number of phenols is 1. The molecular formula is C87H107N11O22S2. The van der Waals surface area contributed by atoms with Crippen LogP contribution in [0.1, 0.15) is 125 Å². The molecule has 122 heavy (non-hydrogen) atoms. The van der Waals surface area contributed by atoms with Crippen molar-refractivity contribution in [3.05, 3.63) is 185 Å². The maximum atomic E-state index is 15.3. The number of carbonyl (C=O) groups excluding carboxylic acids is 12. The van der Waals surface area contributed by atoms with E-state index < -0.39 is 216 Å². The fourth-order valence-corrected chi connectivity index (χ4v) is 19.4. The van der Waals surface area contributed by atoms with E-state index in [9.17, 15) is 64.2 Å². The van der Waals surface area contributed by atoms with Gasteiger partial charge in [-0.3, -0.25) is 47.9 Å². The number of esters is 3. The van der Waals surface area contributed by atoms with Crippen LogP contribution in [-0.4, -0.2) is 234 Å². The molecule has 5 aromatic carbocycles. The molecule has 654 valence electrons. The summed E-state index contributed by atoms with van der Waals surface area (Å²) in [5.74, 6) is -14.0. The zero-order valence-corrected chi connectivity index (χ0v) is 70.0. The highest BCUT2D eigenvalue weighted by Gasteiger charge is 2.76. The van der Waals surface area contributed by atoms with E-state index in [1.54, 1.807) is 109 Å².